The second kappa shape index (κ2) is 2.36. The van der Waals surface area contributed by atoms with Crippen LogP contribution in [0.3, 0.4) is 0 Å². The van der Waals surface area contributed by atoms with Crippen molar-refractivity contribution in [2.45, 2.75) is 5.03 Å². The van der Waals surface area contributed by atoms with Gasteiger partial charge in [0, 0.05) is 6.20 Å². The fourth-order valence-corrected chi connectivity index (χ4v) is 0.863. The molecule has 0 atom stereocenters. The van der Waals surface area contributed by atoms with Crippen LogP contribution < -0.4 is 0 Å². The summed E-state index contributed by atoms with van der Waals surface area (Å²) in [6, 6.07) is 5.00. The Bertz CT molecular complexity index is 305. The van der Waals surface area contributed by atoms with Crippen molar-refractivity contribution in [1.29, 1.82) is 0 Å². The fourth-order valence-electron chi connectivity index (χ4n) is 0.452. The molecule has 1 N–H and O–H groups in total. The van der Waals surface area contributed by atoms with Crippen LogP contribution in [-0.4, -0.2) is 18.0 Å². The number of rotatable bonds is 1. The average Bonchev–Trinajstić information content (AvgIpc) is 1.88. The lowest BCUT2D eigenvalue weighted by atomic mass is 10.5. The van der Waals surface area contributed by atoms with Gasteiger partial charge >= 0.3 is 10.1 Å². The molecule has 0 aliphatic carbocycles. The van der Waals surface area contributed by atoms with Gasteiger partial charge in [0.1, 0.15) is 0 Å². The summed E-state index contributed by atoms with van der Waals surface area (Å²) in [5, 5.41) is -0.380. The Morgan fingerprint density at radius 3 is 2.60 bits per heavy atom. The molecule has 0 aromatic carbocycles. The maximum atomic E-state index is 10.3. The van der Waals surface area contributed by atoms with Crippen molar-refractivity contribution < 1.29 is 13.0 Å². The summed E-state index contributed by atoms with van der Waals surface area (Å²) in [7, 11) is -4.15. The molecule has 0 fully saturated rings. The lowest BCUT2D eigenvalue weighted by Gasteiger charge is -1.90. The predicted molar refractivity (Wildman–Crippen MR) is 32.9 cm³/mol. The Balaban J connectivity index is 3.22. The first-order valence-electron chi connectivity index (χ1n) is 2.40. The number of pyridine rings is 1. The topological polar surface area (TPSA) is 67.3 Å². The van der Waals surface area contributed by atoms with E-state index in [-0.39, 0.29) is 5.03 Å². The highest BCUT2D eigenvalue weighted by Gasteiger charge is 2.08. The van der Waals surface area contributed by atoms with Gasteiger partial charge in [-0.3, -0.25) is 4.55 Å². The van der Waals surface area contributed by atoms with Gasteiger partial charge in [0.2, 0.25) is 0 Å². The number of hydrogen-bond donors (Lipinski definition) is 1. The molecule has 0 amide bonds. The van der Waals surface area contributed by atoms with Crippen molar-refractivity contribution in [3.05, 3.63) is 24.4 Å². The molecular formula is C5H4NO3S. The highest BCUT2D eigenvalue weighted by molar-refractivity contribution is 7.85. The molecule has 0 saturated heterocycles. The Kier molecular flexibility index (Phi) is 1.69. The lowest BCUT2D eigenvalue weighted by molar-refractivity contribution is 0.479. The van der Waals surface area contributed by atoms with Crippen LogP contribution in [0.1, 0.15) is 0 Å². The van der Waals surface area contributed by atoms with E-state index in [9.17, 15) is 8.42 Å². The molecule has 5 heteroatoms. The van der Waals surface area contributed by atoms with Crippen molar-refractivity contribution >= 4 is 10.1 Å². The first kappa shape index (κ1) is 7.17. The molecule has 4 nitrogen and oxygen atoms in total. The van der Waals surface area contributed by atoms with E-state index in [0.29, 0.717) is 0 Å². The van der Waals surface area contributed by atoms with Crippen LogP contribution >= 0.6 is 0 Å². The third kappa shape index (κ3) is 1.52. The van der Waals surface area contributed by atoms with E-state index in [2.05, 4.69) is 11.1 Å². The van der Waals surface area contributed by atoms with Gasteiger partial charge in [-0.2, -0.15) is 8.42 Å². The molecule has 0 aliphatic heterocycles. The summed E-state index contributed by atoms with van der Waals surface area (Å²) in [5.74, 6) is 0. The minimum absolute atomic E-state index is 0.380. The van der Waals surface area contributed by atoms with Crippen LogP contribution in [-0.2, 0) is 10.1 Å². The van der Waals surface area contributed by atoms with Gasteiger partial charge in [-0.25, -0.2) is 4.98 Å². The van der Waals surface area contributed by atoms with Crippen LogP contribution in [0.15, 0.2) is 23.4 Å². The van der Waals surface area contributed by atoms with Gasteiger partial charge in [-0.15, -0.1) is 0 Å². The van der Waals surface area contributed by atoms with Gasteiger partial charge in [-0.1, -0.05) is 0 Å². The van der Waals surface area contributed by atoms with Crippen LogP contribution in [0.2, 0.25) is 0 Å². The summed E-state index contributed by atoms with van der Waals surface area (Å²) >= 11 is 0. The van der Waals surface area contributed by atoms with Gasteiger partial charge in [0.15, 0.2) is 5.03 Å². The predicted octanol–water partition coefficient (Wildman–Crippen LogP) is 0.128. The summed E-state index contributed by atoms with van der Waals surface area (Å²) in [4.78, 5) is 3.38. The van der Waals surface area contributed by atoms with Crippen LogP contribution in [0.5, 0.6) is 0 Å². The Labute approximate surface area is 58.3 Å². The van der Waals surface area contributed by atoms with E-state index >= 15 is 0 Å². The molecule has 0 aliphatic rings. The standard InChI is InChI=1S/C5H4NO3S/c7-10(8,9)5-3-1-2-4-6-5/h2-4H,(H,7,8,9). The van der Waals surface area contributed by atoms with Crippen LogP contribution in [0, 0.1) is 6.07 Å². The van der Waals surface area contributed by atoms with Gasteiger partial charge in [0.25, 0.3) is 0 Å². The molecule has 0 bridgehead atoms. The van der Waals surface area contributed by atoms with E-state index in [1.54, 1.807) is 0 Å². The second-order valence-corrected chi connectivity index (χ2v) is 2.94. The van der Waals surface area contributed by atoms with Crippen LogP contribution in [0.4, 0.5) is 0 Å². The summed E-state index contributed by atoms with van der Waals surface area (Å²) in [6.07, 6.45) is 1.24. The molecule has 1 heterocycles. The van der Waals surface area contributed by atoms with E-state index in [4.69, 9.17) is 4.55 Å². The summed E-state index contributed by atoms with van der Waals surface area (Å²) in [5.41, 5.74) is 0. The van der Waals surface area contributed by atoms with Crippen LogP contribution in [0.25, 0.3) is 0 Å². The third-order valence-electron chi connectivity index (χ3n) is 0.844. The minimum atomic E-state index is -4.15. The van der Waals surface area contributed by atoms with Crippen molar-refractivity contribution in [2.75, 3.05) is 0 Å². The van der Waals surface area contributed by atoms with Gasteiger partial charge in [-0.05, 0) is 18.2 Å². The second-order valence-electron chi connectivity index (χ2n) is 1.57. The lowest BCUT2D eigenvalue weighted by Crippen LogP contribution is -1.99. The molecule has 0 spiro atoms. The SMILES string of the molecule is O=S(=O)(O)c1c[c]ccn1. The summed E-state index contributed by atoms with van der Waals surface area (Å²) < 4.78 is 29.0. The molecule has 1 radical (unpaired) electrons. The first-order chi connectivity index (χ1) is 4.61. The molecule has 1 aromatic rings. The largest absolute Gasteiger partial charge is 0.312 e. The summed E-state index contributed by atoms with van der Waals surface area (Å²) in [6.45, 7) is 0. The van der Waals surface area contributed by atoms with E-state index in [0.717, 1.165) is 6.07 Å². The normalized spacial score (nSPS) is 11.3. The molecule has 0 unspecified atom stereocenters. The monoisotopic (exact) mass is 158 g/mol. The van der Waals surface area contributed by atoms with Gasteiger partial charge in [0.05, 0.1) is 0 Å². The zero-order valence-corrected chi connectivity index (χ0v) is 5.67. The average molecular weight is 158 g/mol. The Hall–Kier alpha value is -0.940. The number of hydrogen-bond acceptors (Lipinski definition) is 3. The van der Waals surface area contributed by atoms with Crippen molar-refractivity contribution in [1.82, 2.24) is 4.98 Å². The Morgan fingerprint density at radius 2 is 2.30 bits per heavy atom. The molecule has 0 saturated carbocycles. The van der Waals surface area contributed by atoms with E-state index in [1.165, 1.54) is 12.3 Å². The molecular weight excluding hydrogens is 154 g/mol. The van der Waals surface area contributed by atoms with Crippen molar-refractivity contribution in [2.24, 2.45) is 0 Å². The quantitative estimate of drug-likeness (QED) is 0.590. The first-order valence-corrected chi connectivity index (χ1v) is 3.84. The van der Waals surface area contributed by atoms with E-state index in [1.807, 2.05) is 0 Å². The highest BCUT2D eigenvalue weighted by atomic mass is 32.2. The number of nitrogens with zero attached hydrogens (tertiary/aromatic N) is 1. The smallest absolute Gasteiger partial charge is 0.281 e. The zero-order chi connectivity index (χ0) is 7.61. The Morgan fingerprint density at radius 1 is 1.60 bits per heavy atom. The maximum Gasteiger partial charge on any atom is 0.312 e. The molecule has 10 heavy (non-hydrogen) atoms. The van der Waals surface area contributed by atoms with E-state index < -0.39 is 10.1 Å². The minimum Gasteiger partial charge on any atom is -0.281 e. The molecule has 1 aromatic heterocycles. The molecule has 1 rings (SSSR count). The fraction of sp³-hybridized carbons (Fsp3) is 0. The zero-order valence-electron chi connectivity index (χ0n) is 4.85. The van der Waals surface area contributed by atoms with Crippen molar-refractivity contribution in [3.63, 3.8) is 0 Å². The highest BCUT2D eigenvalue weighted by Crippen LogP contribution is 2.00. The third-order valence-corrected chi connectivity index (χ3v) is 1.60. The van der Waals surface area contributed by atoms with Gasteiger partial charge < -0.3 is 0 Å². The maximum absolute atomic E-state index is 10.3. The number of aromatic nitrogens is 1. The van der Waals surface area contributed by atoms with Crippen molar-refractivity contribution in [3.8, 4) is 0 Å². The molecule has 53 valence electrons.